The van der Waals surface area contributed by atoms with Crippen molar-refractivity contribution in [1.82, 2.24) is 4.98 Å². The molecule has 0 spiro atoms. The first kappa shape index (κ1) is 24.2. The smallest absolute Gasteiger partial charge is 0.106 e. The summed E-state index contributed by atoms with van der Waals surface area (Å²) < 4.78 is 0. The second kappa shape index (κ2) is 9.35. The maximum absolute atomic E-state index is 11.8. The van der Waals surface area contributed by atoms with Crippen molar-refractivity contribution in [3.8, 4) is 0 Å². The predicted molar refractivity (Wildman–Crippen MR) is 136 cm³/mol. The Kier molecular flexibility index (Phi) is 6.85. The van der Waals surface area contributed by atoms with E-state index in [0.717, 1.165) is 72.2 Å². The van der Waals surface area contributed by atoms with Gasteiger partial charge < -0.3 is 10.2 Å². The molecule has 0 amide bonds. The van der Waals surface area contributed by atoms with Gasteiger partial charge in [-0.25, -0.2) is 0 Å². The SMILES string of the molecule is CC(C)Cc1ccc([C@@H](O)c2c(C(C)C)nc3c(c2C2=CCCC2)C(O)CC(C)(C)C3)cc1. The van der Waals surface area contributed by atoms with E-state index in [2.05, 4.69) is 71.9 Å². The number of pyridine rings is 1. The molecule has 4 rings (SSSR count). The molecule has 33 heavy (non-hydrogen) atoms. The zero-order valence-corrected chi connectivity index (χ0v) is 21.3. The summed E-state index contributed by atoms with van der Waals surface area (Å²) in [6.07, 6.45) is 6.82. The lowest BCUT2D eigenvalue weighted by molar-refractivity contribution is 0.0972. The summed E-state index contributed by atoms with van der Waals surface area (Å²) in [5.41, 5.74) is 8.45. The van der Waals surface area contributed by atoms with Crippen LogP contribution in [0.4, 0.5) is 0 Å². The topological polar surface area (TPSA) is 53.4 Å². The van der Waals surface area contributed by atoms with Crippen molar-refractivity contribution in [2.24, 2.45) is 11.3 Å². The minimum Gasteiger partial charge on any atom is -0.388 e. The predicted octanol–water partition coefficient (Wildman–Crippen LogP) is 7.06. The molecule has 2 aliphatic rings. The first-order valence-electron chi connectivity index (χ1n) is 12.8. The van der Waals surface area contributed by atoms with Gasteiger partial charge in [0, 0.05) is 22.5 Å². The number of hydrogen-bond acceptors (Lipinski definition) is 3. The number of rotatable bonds is 6. The molecule has 1 unspecified atom stereocenters. The van der Waals surface area contributed by atoms with E-state index in [-0.39, 0.29) is 11.3 Å². The molecule has 2 atom stereocenters. The zero-order valence-electron chi connectivity index (χ0n) is 21.3. The Morgan fingerprint density at radius 2 is 1.79 bits per heavy atom. The Morgan fingerprint density at radius 1 is 1.09 bits per heavy atom. The van der Waals surface area contributed by atoms with E-state index in [1.165, 1.54) is 11.1 Å². The molecule has 1 aromatic carbocycles. The summed E-state index contributed by atoms with van der Waals surface area (Å²) >= 11 is 0. The van der Waals surface area contributed by atoms with E-state index in [1.54, 1.807) is 0 Å². The number of benzene rings is 1. The minimum absolute atomic E-state index is 0.0152. The standard InChI is InChI=1S/C30H41NO2/c1-18(2)15-20-11-13-22(14-12-20)29(33)27-25(21-9-7-8-10-21)26-23(31-28(27)19(3)4)16-30(5,6)17-24(26)32/h9,11-14,18-19,24,29,32-33H,7-8,10,15-17H2,1-6H3/t24?,29-/m1/s1. The second-order valence-corrected chi connectivity index (χ2v) is 11.7. The Hall–Kier alpha value is -1.97. The molecule has 2 N–H and O–H groups in total. The van der Waals surface area contributed by atoms with E-state index in [9.17, 15) is 10.2 Å². The number of hydrogen-bond donors (Lipinski definition) is 2. The number of aliphatic hydroxyl groups is 2. The van der Waals surface area contributed by atoms with Gasteiger partial charge in [-0.1, -0.05) is 71.9 Å². The van der Waals surface area contributed by atoms with E-state index < -0.39 is 12.2 Å². The third-order valence-corrected chi connectivity index (χ3v) is 7.23. The fourth-order valence-electron chi connectivity index (χ4n) is 5.76. The van der Waals surface area contributed by atoms with Gasteiger partial charge >= 0.3 is 0 Å². The molecular weight excluding hydrogens is 406 g/mol. The quantitative estimate of drug-likeness (QED) is 0.498. The van der Waals surface area contributed by atoms with Gasteiger partial charge in [0.05, 0.1) is 6.10 Å². The van der Waals surface area contributed by atoms with Crippen LogP contribution in [0.25, 0.3) is 5.57 Å². The van der Waals surface area contributed by atoms with Crippen molar-refractivity contribution >= 4 is 5.57 Å². The highest BCUT2D eigenvalue weighted by Crippen LogP contribution is 2.48. The van der Waals surface area contributed by atoms with Crippen LogP contribution in [-0.4, -0.2) is 15.2 Å². The Morgan fingerprint density at radius 3 is 2.36 bits per heavy atom. The van der Waals surface area contributed by atoms with Gasteiger partial charge in [0.15, 0.2) is 0 Å². The highest BCUT2D eigenvalue weighted by Gasteiger charge is 2.38. The maximum atomic E-state index is 11.8. The fourth-order valence-corrected chi connectivity index (χ4v) is 5.76. The largest absolute Gasteiger partial charge is 0.388 e. The molecule has 2 aromatic rings. The third-order valence-electron chi connectivity index (χ3n) is 7.23. The van der Waals surface area contributed by atoms with Crippen molar-refractivity contribution < 1.29 is 10.2 Å². The summed E-state index contributed by atoms with van der Waals surface area (Å²) in [7, 11) is 0. The summed E-state index contributed by atoms with van der Waals surface area (Å²) in [6.45, 7) is 13.2. The Balaban J connectivity index is 1.90. The second-order valence-electron chi connectivity index (χ2n) is 11.7. The lowest BCUT2D eigenvalue weighted by atomic mass is 9.71. The van der Waals surface area contributed by atoms with Gasteiger partial charge in [-0.05, 0) is 78.0 Å². The van der Waals surface area contributed by atoms with E-state index >= 15 is 0 Å². The van der Waals surface area contributed by atoms with Crippen molar-refractivity contribution in [3.63, 3.8) is 0 Å². The third kappa shape index (κ3) is 4.95. The molecule has 3 nitrogen and oxygen atoms in total. The first-order valence-corrected chi connectivity index (χ1v) is 12.8. The molecule has 3 heteroatoms. The van der Waals surface area contributed by atoms with Gasteiger partial charge in [0.1, 0.15) is 6.10 Å². The summed E-state index contributed by atoms with van der Waals surface area (Å²) in [5, 5.41) is 23.1. The van der Waals surface area contributed by atoms with E-state index in [1.807, 2.05) is 0 Å². The first-order chi connectivity index (χ1) is 15.6. The zero-order chi connectivity index (χ0) is 23.9. The van der Waals surface area contributed by atoms with Gasteiger partial charge in [0.2, 0.25) is 0 Å². The van der Waals surface area contributed by atoms with Crippen LogP contribution in [-0.2, 0) is 12.8 Å². The molecule has 178 valence electrons. The van der Waals surface area contributed by atoms with Gasteiger partial charge in [0.25, 0.3) is 0 Å². The molecule has 1 heterocycles. The van der Waals surface area contributed by atoms with Crippen LogP contribution in [0.2, 0.25) is 0 Å². The summed E-state index contributed by atoms with van der Waals surface area (Å²) in [5.74, 6) is 0.785. The highest BCUT2D eigenvalue weighted by atomic mass is 16.3. The normalized spacial score (nSPS) is 20.8. The van der Waals surface area contributed by atoms with Crippen LogP contribution in [0.15, 0.2) is 30.3 Å². The lowest BCUT2D eigenvalue weighted by Crippen LogP contribution is -2.29. The van der Waals surface area contributed by atoms with Crippen LogP contribution in [0, 0.1) is 11.3 Å². The summed E-state index contributed by atoms with van der Waals surface area (Å²) in [4.78, 5) is 5.15. The van der Waals surface area contributed by atoms with Crippen molar-refractivity contribution in [2.45, 2.75) is 98.2 Å². The molecule has 0 aliphatic heterocycles. The highest BCUT2D eigenvalue weighted by molar-refractivity contribution is 5.75. The van der Waals surface area contributed by atoms with Crippen molar-refractivity contribution in [1.29, 1.82) is 0 Å². The van der Waals surface area contributed by atoms with Gasteiger partial charge in [-0.15, -0.1) is 0 Å². The van der Waals surface area contributed by atoms with Gasteiger partial charge in [-0.3, -0.25) is 4.98 Å². The van der Waals surface area contributed by atoms with Crippen LogP contribution in [0.1, 0.15) is 125 Å². The number of fused-ring (bicyclic) bond motifs is 1. The summed E-state index contributed by atoms with van der Waals surface area (Å²) in [6, 6.07) is 8.42. The molecule has 0 radical (unpaired) electrons. The molecule has 0 fully saturated rings. The minimum atomic E-state index is -0.757. The van der Waals surface area contributed by atoms with Crippen LogP contribution < -0.4 is 0 Å². The molecule has 0 saturated carbocycles. The van der Waals surface area contributed by atoms with Gasteiger partial charge in [-0.2, -0.15) is 0 Å². The number of aromatic nitrogens is 1. The van der Waals surface area contributed by atoms with Crippen LogP contribution in [0.5, 0.6) is 0 Å². The van der Waals surface area contributed by atoms with Crippen LogP contribution in [0.3, 0.4) is 0 Å². The number of allylic oxidation sites excluding steroid dienone is 2. The van der Waals surface area contributed by atoms with Crippen molar-refractivity contribution in [3.05, 3.63) is 69.5 Å². The average molecular weight is 448 g/mol. The maximum Gasteiger partial charge on any atom is 0.106 e. The Labute approximate surface area is 200 Å². The molecule has 0 bridgehead atoms. The van der Waals surface area contributed by atoms with Crippen LogP contribution >= 0.6 is 0 Å². The Bertz CT molecular complexity index is 1030. The fraction of sp³-hybridized carbons (Fsp3) is 0.567. The number of aliphatic hydroxyl groups excluding tert-OH is 2. The van der Waals surface area contributed by atoms with E-state index in [0.29, 0.717) is 5.92 Å². The molecule has 0 saturated heterocycles. The molecular formula is C30H41NO2. The van der Waals surface area contributed by atoms with E-state index in [4.69, 9.17) is 4.98 Å². The lowest BCUT2D eigenvalue weighted by Gasteiger charge is -2.37. The number of nitrogens with zero attached hydrogens (tertiary/aromatic N) is 1. The molecule has 1 aromatic heterocycles. The average Bonchev–Trinajstić information content (AvgIpc) is 3.25. The molecule has 2 aliphatic carbocycles. The van der Waals surface area contributed by atoms with Crippen molar-refractivity contribution in [2.75, 3.05) is 0 Å². The monoisotopic (exact) mass is 447 g/mol.